The zero-order valence-corrected chi connectivity index (χ0v) is 12.6. The van der Waals surface area contributed by atoms with Crippen LogP contribution in [0, 0.1) is 0 Å². The maximum Gasteiger partial charge on any atom is 0.154 e. The van der Waals surface area contributed by atoms with Gasteiger partial charge in [-0.05, 0) is 37.3 Å². The average molecular weight is 279 g/mol. The van der Waals surface area contributed by atoms with E-state index in [9.17, 15) is 8.42 Å². The van der Waals surface area contributed by atoms with Crippen molar-refractivity contribution >= 4 is 20.7 Å². The third kappa shape index (κ3) is 2.84. The van der Waals surface area contributed by atoms with E-state index < -0.39 is 9.84 Å². The third-order valence-corrected chi connectivity index (χ3v) is 5.78. The SMILES string of the molecule is CCc1cccc2ccn(CCS(=O)(=O)C(C)C)c12. The van der Waals surface area contributed by atoms with Crippen LogP contribution in [0.25, 0.3) is 10.9 Å². The second kappa shape index (κ2) is 5.37. The lowest BCUT2D eigenvalue weighted by Crippen LogP contribution is -2.21. The number of nitrogens with zero attached hydrogens (tertiary/aromatic N) is 1. The molecule has 2 aromatic rings. The number of hydrogen-bond donors (Lipinski definition) is 0. The molecule has 0 fully saturated rings. The number of fused-ring (bicyclic) bond motifs is 1. The van der Waals surface area contributed by atoms with Crippen molar-refractivity contribution in [1.82, 2.24) is 4.57 Å². The van der Waals surface area contributed by atoms with Crippen LogP contribution in [-0.2, 0) is 22.8 Å². The third-order valence-electron chi connectivity index (χ3n) is 3.59. The minimum absolute atomic E-state index is 0.201. The van der Waals surface area contributed by atoms with Crippen molar-refractivity contribution in [1.29, 1.82) is 0 Å². The molecule has 1 aromatic heterocycles. The molecule has 2 rings (SSSR count). The number of aromatic nitrogens is 1. The molecule has 0 amide bonds. The summed E-state index contributed by atoms with van der Waals surface area (Å²) in [6, 6.07) is 8.28. The van der Waals surface area contributed by atoms with Gasteiger partial charge < -0.3 is 4.57 Å². The van der Waals surface area contributed by atoms with E-state index >= 15 is 0 Å². The largest absolute Gasteiger partial charge is 0.346 e. The Morgan fingerprint density at radius 1 is 1.21 bits per heavy atom. The van der Waals surface area contributed by atoms with E-state index in [2.05, 4.69) is 35.8 Å². The van der Waals surface area contributed by atoms with E-state index in [0.29, 0.717) is 6.54 Å². The molecule has 1 heterocycles. The van der Waals surface area contributed by atoms with Crippen LogP contribution in [0.3, 0.4) is 0 Å². The van der Waals surface area contributed by atoms with Gasteiger partial charge in [0.2, 0.25) is 0 Å². The Morgan fingerprint density at radius 3 is 2.58 bits per heavy atom. The molecular formula is C15H21NO2S. The Kier molecular flexibility index (Phi) is 3.99. The number of hydrogen-bond acceptors (Lipinski definition) is 2. The standard InChI is InChI=1S/C15H21NO2S/c1-4-13-6-5-7-14-8-9-16(15(13)14)10-11-19(17,18)12(2)3/h5-9,12H,4,10-11H2,1-3H3. The first-order chi connectivity index (χ1) is 8.95. The highest BCUT2D eigenvalue weighted by molar-refractivity contribution is 7.91. The Hall–Kier alpha value is -1.29. The monoisotopic (exact) mass is 279 g/mol. The minimum atomic E-state index is -2.98. The quantitative estimate of drug-likeness (QED) is 0.844. The summed E-state index contributed by atoms with van der Waals surface area (Å²) >= 11 is 0. The van der Waals surface area contributed by atoms with Crippen molar-refractivity contribution in [3.05, 3.63) is 36.0 Å². The van der Waals surface area contributed by atoms with Crippen molar-refractivity contribution in [2.75, 3.05) is 5.75 Å². The van der Waals surface area contributed by atoms with Crippen molar-refractivity contribution in [2.24, 2.45) is 0 Å². The molecule has 104 valence electrons. The molecule has 4 heteroatoms. The first kappa shape index (κ1) is 14.1. The number of aryl methyl sites for hydroxylation is 2. The number of rotatable bonds is 5. The summed E-state index contributed by atoms with van der Waals surface area (Å²) in [7, 11) is -2.98. The molecule has 0 aliphatic heterocycles. The molecule has 0 bridgehead atoms. The van der Waals surface area contributed by atoms with Gasteiger partial charge >= 0.3 is 0 Å². The summed E-state index contributed by atoms with van der Waals surface area (Å²) in [4.78, 5) is 0. The maximum atomic E-state index is 11.9. The Morgan fingerprint density at radius 2 is 1.95 bits per heavy atom. The van der Waals surface area contributed by atoms with Crippen LogP contribution in [0.4, 0.5) is 0 Å². The highest BCUT2D eigenvalue weighted by atomic mass is 32.2. The van der Waals surface area contributed by atoms with Gasteiger partial charge in [0.15, 0.2) is 9.84 Å². The summed E-state index contributed by atoms with van der Waals surface area (Å²) in [5.41, 5.74) is 2.44. The number of sulfone groups is 1. The van der Waals surface area contributed by atoms with Gasteiger partial charge in [0.1, 0.15) is 0 Å². The number of benzene rings is 1. The predicted octanol–water partition coefficient (Wildman–Crippen LogP) is 3.03. The molecule has 0 saturated heterocycles. The molecule has 19 heavy (non-hydrogen) atoms. The van der Waals surface area contributed by atoms with Crippen molar-refractivity contribution in [3.8, 4) is 0 Å². The molecule has 0 atom stereocenters. The zero-order valence-electron chi connectivity index (χ0n) is 11.8. The van der Waals surface area contributed by atoms with E-state index in [4.69, 9.17) is 0 Å². The van der Waals surface area contributed by atoms with Gasteiger partial charge in [0.05, 0.1) is 16.5 Å². The lowest BCUT2D eigenvalue weighted by molar-refractivity contribution is 0.581. The van der Waals surface area contributed by atoms with E-state index in [1.54, 1.807) is 13.8 Å². The van der Waals surface area contributed by atoms with Crippen molar-refractivity contribution in [3.63, 3.8) is 0 Å². The van der Waals surface area contributed by atoms with Gasteiger partial charge in [-0.25, -0.2) is 8.42 Å². The molecule has 0 radical (unpaired) electrons. The second-order valence-corrected chi connectivity index (χ2v) is 7.81. The topological polar surface area (TPSA) is 39.1 Å². The summed E-state index contributed by atoms with van der Waals surface area (Å²) in [6.07, 6.45) is 2.94. The van der Waals surface area contributed by atoms with Crippen LogP contribution in [0.5, 0.6) is 0 Å². The van der Waals surface area contributed by atoms with Crippen LogP contribution in [0.1, 0.15) is 26.3 Å². The van der Waals surface area contributed by atoms with Gasteiger partial charge in [-0.15, -0.1) is 0 Å². The summed E-state index contributed by atoms with van der Waals surface area (Å²) in [5, 5.41) is 0.876. The first-order valence-electron chi connectivity index (χ1n) is 6.74. The van der Waals surface area contributed by atoms with Crippen molar-refractivity contribution < 1.29 is 8.42 Å². The van der Waals surface area contributed by atoms with Gasteiger partial charge in [0.25, 0.3) is 0 Å². The molecule has 0 unspecified atom stereocenters. The van der Waals surface area contributed by atoms with E-state index in [0.717, 1.165) is 6.42 Å². The van der Waals surface area contributed by atoms with Crippen LogP contribution in [0.2, 0.25) is 0 Å². The molecule has 0 aliphatic carbocycles. The van der Waals surface area contributed by atoms with Crippen molar-refractivity contribution in [2.45, 2.75) is 39.0 Å². The molecule has 0 aliphatic rings. The Bertz CT molecular complexity index is 669. The van der Waals surface area contributed by atoms with Crippen LogP contribution in [0.15, 0.2) is 30.5 Å². The molecule has 1 aromatic carbocycles. The average Bonchev–Trinajstić information content (AvgIpc) is 2.79. The van der Waals surface area contributed by atoms with E-state index in [1.165, 1.54) is 16.5 Å². The molecule has 0 N–H and O–H groups in total. The lowest BCUT2D eigenvalue weighted by Gasteiger charge is -2.11. The Balaban J connectivity index is 2.32. The summed E-state index contributed by atoms with van der Waals surface area (Å²) in [5.74, 6) is 0.201. The van der Waals surface area contributed by atoms with Crippen LogP contribution in [-0.4, -0.2) is 24.0 Å². The van der Waals surface area contributed by atoms with E-state index in [1.807, 2.05) is 6.20 Å². The fourth-order valence-corrected chi connectivity index (χ4v) is 3.20. The van der Waals surface area contributed by atoms with Gasteiger partial charge in [-0.2, -0.15) is 0 Å². The van der Waals surface area contributed by atoms with Gasteiger partial charge in [-0.1, -0.05) is 25.1 Å². The van der Waals surface area contributed by atoms with Gasteiger partial charge in [-0.3, -0.25) is 0 Å². The Labute approximate surface area is 115 Å². The molecule has 0 spiro atoms. The van der Waals surface area contributed by atoms with Crippen LogP contribution >= 0.6 is 0 Å². The summed E-state index contributed by atoms with van der Waals surface area (Å²) < 4.78 is 25.9. The fourth-order valence-electron chi connectivity index (χ4n) is 2.27. The normalized spacial score (nSPS) is 12.4. The molecule has 3 nitrogen and oxygen atoms in total. The highest BCUT2D eigenvalue weighted by Crippen LogP contribution is 2.21. The van der Waals surface area contributed by atoms with E-state index in [-0.39, 0.29) is 11.0 Å². The summed E-state index contributed by atoms with van der Waals surface area (Å²) in [6.45, 7) is 6.12. The maximum absolute atomic E-state index is 11.9. The predicted molar refractivity (Wildman–Crippen MR) is 80.2 cm³/mol. The van der Waals surface area contributed by atoms with Crippen LogP contribution < -0.4 is 0 Å². The zero-order chi connectivity index (χ0) is 14.0. The number of para-hydroxylation sites is 1. The molecular weight excluding hydrogens is 258 g/mol. The highest BCUT2D eigenvalue weighted by Gasteiger charge is 2.16. The molecule has 0 saturated carbocycles. The minimum Gasteiger partial charge on any atom is -0.346 e. The smallest absolute Gasteiger partial charge is 0.154 e. The lowest BCUT2D eigenvalue weighted by atomic mass is 10.1. The first-order valence-corrected chi connectivity index (χ1v) is 8.45. The fraction of sp³-hybridized carbons (Fsp3) is 0.467. The van der Waals surface area contributed by atoms with Gasteiger partial charge in [0, 0.05) is 12.7 Å². The second-order valence-electron chi connectivity index (χ2n) is 5.13.